The maximum Gasteiger partial charge on any atom is 0.328 e. The summed E-state index contributed by atoms with van der Waals surface area (Å²) in [7, 11) is 0. The van der Waals surface area contributed by atoms with Crippen molar-refractivity contribution in [3.8, 4) is 0 Å². The molecule has 2 aromatic rings. The Morgan fingerprint density at radius 3 is 2.46 bits per heavy atom. The van der Waals surface area contributed by atoms with Gasteiger partial charge in [-0.15, -0.1) is 0 Å². The van der Waals surface area contributed by atoms with Crippen molar-refractivity contribution >= 4 is 40.6 Å². The third kappa shape index (κ3) is 9.09. The summed E-state index contributed by atoms with van der Waals surface area (Å²) in [5.74, 6) is -3.66. The van der Waals surface area contributed by atoms with Gasteiger partial charge in [-0.25, -0.2) is 4.79 Å². The number of aromatic amines is 1. The van der Waals surface area contributed by atoms with E-state index >= 15 is 0 Å². The van der Waals surface area contributed by atoms with Gasteiger partial charge < -0.3 is 48.3 Å². The molecule has 37 heavy (non-hydrogen) atoms. The molecule has 1 aromatic carbocycles. The van der Waals surface area contributed by atoms with Crippen molar-refractivity contribution in [2.24, 2.45) is 22.2 Å². The summed E-state index contributed by atoms with van der Waals surface area (Å²) in [6, 6.07) is 3.90. The van der Waals surface area contributed by atoms with E-state index in [2.05, 4.69) is 25.9 Å². The molecule has 202 valence electrons. The molecule has 1 aromatic heterocycles. The number of hydrogen-bond donors (Lipinski definition) is 9. The lowest BCUT2D eigenvalue weighted by molar-refractivity contribution is -0.145. The van der Waals surface area contributed by atoms with Crippen LogP contribution in [0, 0.1) is 0 Å². The van der Waals surface area contributed by atoms with Gasteiger partial charge in [0.15, 0.2) is 12.0 Å². The van der Waals surface area contributed by atoms with Crippen LogP contribution in [0.1, 0.15) is 25.3 Å². The molecular weight excluding hydrogens is 484 g/mol. The van der Waals surface area contributed by atoms with Crippen molar-refractivity contribution in [3.63, 3.8) is 0 Å². The van der Waals surface area contributed by atoms with Crippen LogP contribution in [0.25, 0.3) is 10.9 Å². The average molecular weight is 519 g/mol. The fourth-order valence-electron chi connectivity index (χ4n) is 3.59. The van der Waals surface area contributed by atoms with Crippen LogP contribution in [0.5, 0.6) is 0 Å². The zero-order valence-electron chi connectivity index (χ0n) is 20.4. The number of carbonyl (C=O) groups is 4. The highest BCUT2D eigenvalue weighted by atomic mass is 16.4. The zero-order valence-corrected chi connectivity index (χ0v) is 20.4. The molecule has 2 rings (SSSR count). The molecule has 0 radical (unpaired) electrons. The maximum absolute atomic E-state index is 12.7. The highest BCUT2D eigenvalue weighted by Crippen LogP contribution is 2.18. The fourth-order valence-corrected chi connectivity index (χ4v) is 3.59. The van der Waals surface area contributed by atoms with Crippen LogP contribution in [-0.4, -0.2) is 82.2 Å². The number of guanidine groups is 1. The van der Waals surface area contributed by atoms with E-state index in [1.807, 2.05) is 24.3 Å². The molecule has 0 spiro atoms. The molecule has 14 heteroatoms. The van der Waals surface area contributed by atoms with Gasteiger partial charge in [-0.05, 0) is 37.8 Å². The molecule has 0 aliphatic heterocycles. The van der Waals surface area contributed by atoms with Gasteiger partial charge in [0, 0.05) is 23.6 Å². The Kier molecular flexibility index (Phi) is 10.8. The molecule has 3 amide bonds. The molecule has 0 fully saturated rings. The molecule has 0 saturated carbocycles. The lowest BCUT2D eigenvalue weighted by Crippen LogP contribution is -2.56. The Balaban J connectivity index is 1.95. The van der Waals surface area contributed by atoms with Crippen LogP contribution in [0.2, 0.25) is 0 Å². The van der Waals surface area contributed by atoms with Crippen molar-refractivity contribution in [3.05, 3.63) is 36.0 Å². The quantitative estimate of drug-likeness (QED) is 0.0735. The van der Waals surface area contributed by atoms with E-state index < -0.39 is 54.5 Å². The first-order valence-corrected chi connectivity index (χ1v) is 11.6. The third-order valence-electron chi connectivity index (χ3n) is 5.52. The summed E-state index contributed by atoms with van der Waals surface area (Å²) in [4.78, 5) is 55.8. The molecule has 4 atom stereocenters. The summed E-state index contributed by atoms with van der Waals surface area (Å²) in [6.07, 6.45) is 0.980. The van der Waals surface area contributed by atoms with Gasteiger partial charge in [0.1, 0.15) is 6.04 Å². The predicted molar refractivity (Wildman–Crippen MR) is 136 cm³/mol. The molecule has 0 bridgehead atoms. The number of benzene rings is 1. The average Bonchev–Trinajstić information content (AvgIpc) is 3.24. The van der Waals surface area contributed by atoms with Crippen LogP contribution < -0.4 is 33.2 Å². The monoisotopic (exact) mass is 518 g/mol. The van der Waals surface area contributed by atoms with Crippen LogP contribution >= 0.6 is 0 Å². The number of para-hydroxylation sites is 1. The minimum absolute atomic E-state index is 0.0640. The van der Waals surface area contributed by atoms with E-state index in [1.54, 1.807) is 6.20 Å². The molecule has 0 aliphatic carbocycles. The number of hydrogen-bond acceptors (Lipinski definition) is 7. The second kappa shape index (κ2) is 13.8. The molecule has 14 nitrogen and oxygen atoms in total. The van der Waals surface area contributed by atoms with Gasteiger partial charge in [0.05, 0.1) is 18.7 Å². The lowest BCUT2D eigenvalue weighted by Gasteiger charge is -2.23. The van der Waals surface area contributed by atoms with Crippen LogP contribution in [0.3, 0.4) is 0 Å². The number of aliphatic carboxylic acids is 1. The standard InChI is InChI=1S/C23H34N8O6/c1-12(32)19(22(36)37)31-21(35)17(7-4-8-27-23(25)26)30-18(33)11-29-20(34)15(24)9-13-10-28-16-6-3-2-5-14(13)16/h2-3,5-6,10,12,15,17,19,28,32H,4,7-9,11,24H2,1H3,(H,29,34)(H,30,33)(H,31,35)(H,36,37)(H4,25,26,27). The van der Waals surface area contributed by atoms with Crippen molar-refractivity contribution in [2.75, 3.05) is 13.1 Å². The van der Waals surface area contributed by atoms with Crippen molar-refractivity contribution in [1.82, 2.24) is 20.9 Å². The molecule has 0 aliphatic rings. The minimum Gasteiger partial charge on any atom is -0.480 e. The highest BCUT2D eigenvalue weighted by Gasteiger charge is 2.29. The summed E-state index contributed by atoms with van der Waals surface area (Å²) in [5.41, 5.74) is 18.3. The Morgan fingerprint density at radius 2 is 1.81 bits per heavy atom. The number of amides is 3. The van der Waals surface area contributed by atoms with Crippen molar-refractivity contribution in [1.29, 1.82) is 0 Å². The Hall–Kier alpha value is -4.17. The van der Waals surface area contributed by atoms with E-state index in [0.717, 1.165) is 16.5 Å². The fraction of sp³-hybridized carbons (Fsp3) is 0.435. The first kappa shape index (κ1) is 29.1. The van der Waals surface area contributed by atoms with E-state index in [-0.39, 0.29) is 31.8 Å². The number of aliphatic hydroxyl groups excluding tert-OH is 1. The summed E-state index contributed by atoms with van der Waals surface area (Å²) in [6.45, 7) is 0.914. The van der Waals surface area contributed by atoms with Gasteiger partial charge in [0.2, 0.25) is 17.7 Å². The zero-order chi connectivity index (χ0) is 27.5. The largest absolute Gasteiger partial charge is 0.480 e. The topological polar surface area (TPSA) is 251 Å². The number of fused-ring (bicyclic) bond motifs is 1. The number of H-pyrrole nitrogens is 1. The van der Waals surface area contributed by atoms with E-state index in [4.69, 9.17) is 17.2 Å². The number of aromatic nitrogens is 1. The second-order valence-electron chi connectivity index (χ2n) is 8.52. The van der Waals surface area contributed by atoms with Gasteiger partial charge in [-0.3, -0.25) is 19.4 Å². The highest BCUT2D eigenvalue weighted by molar-refractivity contribution is 5.93. The van der Waals surface area contributed by atoms with E-state index in [0.29, 0.717) is 0 Å². The van der Waals surface area contributed by atoms with Crippen LogP contribution in [0.4, 0.5) is 0 Å². The van der Waals surface area contributed by atoms with Crippen molar-refractivity contribution < 1.29 is 29.4 Å². The number of carboxylic acid groups (broad SMARTS) is 1. The third-order valence-corrected chi connectivity index (χ3v) is 5.52. The van der Waals surface area contributed by atoms with Crippen molar-refractivity contribution in [2.45, 2.75) is 50.4 Å². The molecule has 4 unspecified atom stereocenters. The number of aliphatic hydroxyl groups is 1. The molecular formula is C23H34N8O6. The summed E-state index contributed by atoms with van der Waals surface area (Å²) >= 11 is 0. The van der Waals surface area contributed by atoms with Gasteiger partial charge in [-0.2, -0.15) is 0 Å². The molecule has 12 N–H and O–H groups in total. The Morgan fingerprint density at radius 1 is 1.11 bits per heavy atom. The van der Waals surface area contributed by atoms with Gasteiger partial charge >= 0.3 is 5.97 Å². The lowest BCUT2D eigenvalue weighted by atomic mass is 10.1. The number of nitrogens with two attached hydrogens (primary N) is 3. The normalized spacial score (nSPS) is 14.1. The Bertz CT molecular complexity index is 1130. The van der Waals surface area contributed by atoms with Gasteiger partial charge in [0.25, 0.3) is 0 Å². The SMILES string of the molecule is CC(O)C(NC(=O)C(CCCN=C(N)N)NC(=O)CNC(=O)C(N)Cc1c[nH]c2ccccc12)C(=O)O. The smallest absolute Gasteiger partial charge is 0.328 e. The van der Waals surface area contributed by atoms with E-state index in [9.17, 15) is 29.4 Å². The first-order valence-electron chi connectivity index (χ1n) is 11.6. The molecule has 0 saturated heterocycles. The second-order valence-corrected chi connectivity index (χ2v) is 8.52. The Labute approximate surface area is 213 Å². The predicted octanol–water partition coefficient (Wildman–Crippen LogP) is -2.36. The number of carbonyl (C=O) groups excluding carboxylic acids is 3. The molecule has 1 heterocycles. The summed E-state index contributed by atoms with van der Waals surface area (Å²) in [5, 5.41) is 26.9. The van der Waals surface area contributed by atoms with E-state index in [1.165, 1.54) is 6.92 Å². The number of carboxylic acids is 1. The maximum atomic E-state index is 12.7. The van der Waals surface area contributed by atoms with Gasteiger partial charge in [-0.1, -0.05) is 18.2 Å². The minimum atomic E-state index is -1.58. The number of rotatable bonds is 14. The first-order chi connectivity index (χ1) is 17.5. The summed E-state index contributed by atoms with van der Waals surface area (Å²) < 4.78 is 0. The van der Waals surface area contributed by atoms with Crippen LogP contribution in [0.15, 0.2) is 35.5 Å². The number of nitrogens with one attached hydrogen (secondary N) is 4. The number of nitrogens with zero attached hydrogens (tertiary/aromatic N) is 1. The van der Waals surface area contributed by atoms with Crippen LogP contribution in [-0.2, 0) is 25.6 Å². The number of aliphatic imine (C=N–C) groups is 1.